The van der Waals surface area contributed by atoms with E-state index in [9.17, 15) is 4.79 Å². The number of carbonyl (C=O) groups is 1. The molecule has 1 aromatic rings. The van der Waals surface area contributed by atoms with Crippen LogP contribution in [0.1, 0.15) is 82.6 Å². The Labute approximate surface area is 163 Å². The normalized spacial score (nSPS) is 20.5. The lowest BCUT2D eigenvalue weighted by molar-refractivity contribution is -0.137. The molecule has 2 aliphatic rings. The maximum absolute atomic E-state index is 11.0. The number of ether oxygens (including phenoxy) is 1. The van der Waals surface area contributed by atoms with E-state index in [1.54, 1.807) is 6.92 Å². The van der Waals surface area contributed by atoms with Gasteiger partial charge in [-0.15, -0.1) is 5.92 Å². The summed E-state index contributed by atoms with van der Waals surface area (Å²) in [5.74, 6) is 6.28. The highest BCUT2D eigenvalue weighted by Crippen LogP contribution is 2.48. The van der Waals surface area contributed by atoms with Crippen LogP contribution in [0.25, 0.3) is 0 Å². The zero-order chi connectivity index (χ0) is 19.1. The molecule has 0 saturated heterocycles. The lowest BCUT2D eigenvalue weighted by atomic mass is 9.63. The van der Waals surface area contributed by atoms with E-state index in [4.69, 9.17) is 9.84 Å². The van der Waals surface area contributed by atoms with Crippen LogP contribution in [-0.4, -0.2) is 17.7 Å². The van der Waals surface area contributed by atoms with Crippen molar-refractivity contribution in [2.75, 3.05) is 6.61 Å². The Morgan fingerprint density at radius 1 is 1.15 bits per heavy atom. The number of carboxylic acid groups (broad SMARTS) is 1. The summed E-state index contributed by atoms with van der Waals surface area (Å²) in [5, 5.41) is 9.05. The Bertz CT molecular complexity index is 664. The van der Waals surface area contributed by atoms with Crippen LogP contribution in [0.15, 0.2) is 24.3 Å². The van der Waals surface area contributed by atoms with E-state index in [2.05, 4.69) is 11.8 Å². The van der Waals surface area contributed by atoms with Crippen LogP contribution in [0.4, 0.5) is 0 Å². The number of rotatable bonds is 6. The second-order valence-corrected chi connectivity index (χ2v) is 8.43. The lowest BCUT2D eigenvalue weighted by Gasteiger charge is -2.43. The van der Waals surface area contributed by atoms with Gasteiger partial charge in [0.2, 0.25) is 0 Å². The first-order valence-electron chi connectivity index (χ1n) is 10.5. The van der Waals surface area contributed by atoms with E-state index in [0.29, 0.717) is 11.3 Å². The van der Waals surface area contributed by atoms with Gasteiger partial charge in [0, 0.05) is 0 Å². The Morgan fingerprint density at radius 2 is 1.81 bits per heavy atom. The molecule has 1 N–H and O–H groups in total. The predicted octanol–water partition coefficient (Wildman–Crippen LogP) is 5.79. The molecule has 0 aliphatic heterocycles. The zero-order valence-electron chi connectivity index (χ0n) is 16.5. The van der Waals surface area contributed by atoms with E-state index < -0.39 is 5.97 Å². The van der Waals surface area contributed by atoms with Gasteiger partial charge in [0.1, 0.15) is 5.75 Å². The van der Waals surface area contributed by atoms with Gasteiger partial charge < -0.3 is 9.84 Å². The number of aliphatic carboxylic acids is 1. The van der Waals surface area contributed by atoms with Crippen LogP contribution in [0, 0.1) is 23.2 Å². The first-order valence-corrected chi connectivity index (χ1v) is 10.5. The van der Waals surface area contributed by atoms with Crippen molar-refractivity contribution in [3.05, 3.63) is 29.8 Å². The summed E-state index contributed by atoms with van der Waals surface area (Å²) < 4.78 is 6.04. The first-order chi connectivity index (χ1) is 13.1. The molecule has 1 spiro atoms. The maximum Gasteiger partial charge on any atom is 0.304 e. The van der Waals surface area contributed by atoms with Gasteiger partial charge in [-0.2, -0.15) is 0 Å². The molecule has 3 heteroatoms. The largest absolute Gasteiger partial charge is 0.493 e. The lowest BCUT2D eigenvalue weighted by Crippen LogP contribution is -2.31. The quantitative estimate of drug-likeness (QED) is 0.647. The molecule has 2 saturated carbocycles. The van der Waals surface area contributed by atoms with E-state index in [0.717, 1.165) is 17.9 Å². The van der Waals surface area contributed by atoms with E-state index >= 15 is 0 Å². The molecule has 0 amide bonds. The Hall–Kier alpha value is -1.95. The Morgan fingerprint density at radius 3 is 2.41 bits per heavy atom. The SMILES string of the molecule is CC#CC(CC(=O)O)c1ccc(OCC2CCC3(CCCCC3)CC2)cc1. The average molecular weight is 369 g/mol. The van der Waals surface area contributed by atoms with Gasteiger partial charge >= 0.3 is 5.97 Å². The van der Waals surface area contributed by atoms with Crippen molar-refractivity contribution in [1.82, 2.24) is 0 Å². The summed E-state index contributed by atoms with van der Waals surface area (Å²) in [4.78, 5) is 11.0. The minimum atomic E-state index is -0.823. The summed E-state index contributed by atoms with van der Waals surface area (Å²) >= 11 is 0. The molecule has 0 radical (unpaired) electrons. The number of carboxylic acids is 1. The number of benzene rings is 1. The summed E-state index contributed by atoms with van der Waals surface area (Å²) in [6.07, 6.45) is 12.6. The highest BCUT2D eigenvalue weighted by molar-refractivity contribution is 5.69. The minimum absolute atomic E-state index is 0.0326. The standard InChI is InChI=1S/C24H32O3/c1-2-6-21(17-23(25)26)20-7-9-22(10-8-20)27-18-19-11-15-24(16-12-19)13-4-3-5-14-24/h7-10,19,21H,3-5,11-18H2,1H3,(H,25,26). The highest BCUT2D eigenvalue weighted by Gasteiger charge is 2.36. The fourth-order valence-corrected chi connectivity index (χ4v) is 4.87. The van der Waals surface area contributed by atoms with Crippen molar-refractivity contribution >= 4 is 5.97 Å². The molecule has 146 valence electrons. The fourth-order valence-electron chi connectivity index (χ4n) is 4.87. The van der Waals surface area contributed by atoms with Crippen molar-refractivity contribution in [2.24, 2.45) is 11.3 Å². The monoisotopic (exact) mass is 368 g/mol. The summed E-state index contributed by atoms with van der Waals surface area (Å²) in [7, 11) is 0. The minimum Gasteiger partial charge on any atom is -0.493 e. The molecule has 1 atom stereocenters. The molecule has 0 bridgehead atoms. The third-order valence-electron chi connectivity index (χ3n) is 6.55. The summed E-state index contributed by atoms with van der Waals surface area (Å²) in [6, 6.07) is 7.80. The zero-order valence-corrected chi connectivity index (χ0v) is 16.5. The molecule has 2 fully saturated rings. The van der Waals surface area contributed by atoms with Crippen molar-refractivity contribution in [1.29, 1.82) is 0 Å². The van der Waals surface area contributed by atoms with Crippen molar-refractivity contribution in [2.45, 2.75) is 77.0 Å². The van der Waals surface area contributed by atoms with Crippen LogP contribution in [0.3, 0.4) is 0 Å². The molecule has 0 aromatic heterocycles. The van der Waals surface area contributed by atoms with E-state index in [-0.39, 0.29) is 12.3 Å². The van der Waals surface area contributed by atoms with E-state index in [1.165, 1.54) is 57.8 Å². The average Bonchev–Trinajstić information content (AvgIpc) is 2.68. The summed E-state index contributed by atoms with van der Waals surface area (Å²) in [6.45, 7) is 2.54. The van der Waals surface area contributed by atoms with Gasteiger partial charge in [-0.1, -0.05) is 37.3 Å². The predicted molar refractivity (Wildman–Crippen MR) is 108 cm³/mol. The second-order valence-electron chi connectivity index (χ2n) is 8.43. The highest BCUT2D eigenvalue weighted by atomic mass is 16.5. The fraction of sp³-hybridized carbons (Fsp3) is 0.625. The van der Waals surface area contributed by atoms with Crippen molar-refractivity contribution in [3.63, 3.8) is 0 Å². The molecule has 1 aromatic carbocycles. The summed E-state index contributed by atoms with van der Waals surface area (Å²) in [5.41, 5.74) is 1.60. The number of hydrogen-bond acceptors (Lipinski definition) is 2. The van der Waals surface area contributed by atoms with Crippen LogP contribution < -0.4 is 4.74 Å². The molecular weight excluding hydrogens is 336 g/mol. The van der Waals surface area contributed by atoms with Gasteiger partial charge in [-0.25, -0.2) is 0 Å². The van der Waals surface area contributed by atoms with Crippen LogP contribution in [0.5, 0.6) is 5.75 Å². The van der Waals surface area contributed by atoms with Crippen molar-refractivity contribution < 1.29 is 14.6 Å². The molecule has 27 heavy (non-hydrogen) atoms. The molecule has 0 heterocycles. The van der Waals surface area contributed by atoms with Gasteiger partial charge in [0.25, 0.3) is 0 Å². The van der Waals surface area contributed by atoms with Gasteiger partial charge in [0.15, 0.2) is 0 Å². The molecule has 2 aliphatic carbocycles. The van der Waals surface area contributed by atoms with Crippen molar-refractivity contribution in [3.8, 4) is 17.6 Å². The van der Waals surface area contributed by atoms with Crippen LogP contribution in [-0.2, 0) is 4.79 Å². The maximum atomic E-state index is 11.0. The molecule has 3 rings (SSSR count). The van der Waals surface area contributed by atoms with Crippen LogP contribution >= 0.6 is 0 Å². The molecule has 3 nitrogen and oxygen atoms in total. The van der Waals surface area contributed by atoms with E-state index in [1.807, 2.05) is 24.3 Å². The molecular formula is C24H32O3. The van der Waals surface area contributed by atoms with Gasteiger partial charge in [0.05, 0.1) is 18.9 Å². The van der Waals surface area contributed by atoms with Crippen LogP contribution in [0.2, 0.25) is 0 Å². The Kier molecular flexibility index (Phi) is 6.83. The first kappa shape index (κ1) is 19.8. The number of hydrogen-bond donors (Lipinski definition) is 1. The topological polar surface area (TPSA) is 46.5 Å². The Balaban J connectivity index is 1.48. The third-order valence-corrected chi connectivity index (χ3v) is 6.55. The smallest absolute Gasteiger partial charge is 0.304 e. The second kappa shape index (κ2) is 9.31. The van der Waals surface area contributed by atoms with Gasteiger partial charge in [-0.3, -0.25) is 4.79 Å². The molecule has 1 unspecified atom stereocenters. The van der Waals surface area contributed by atoms with Gasteiger partial charge in [-0.05, 0) is 74.5 Å². The third kappa shape index (κ3) is 5.51.